The molecule has 0 aliphatic heterocycles. The average Bonchev–Trinajstić information content (AvgIpc) is 3.09. The van der Waals surface area contributed by atoms with Crippen LogP contribution in [0.2, 0.25) is 0 Å². The summed E-state index contributed by atoms with van der Waals surface area (Å²) in [5, 5.41) is 0. The molecule has 0 heteroatoms. The van der Waals surface area contributed by atoms with Crippen molar-refractivity contribution in [1.82, 2.24) is 0 Å². The summed E-state index contributed by atoms with van der Waals surface area (Å²) >= 11 is 0. The Kier molecular flexibility index (Phi) is 6.55. The highest BCUT2D eigenvalue weighted by molar-refractivity contribution is 4.88. The topological polar surface area (TPSA) is 0 Å². The molecule has 0 aromatic rings. The molecule has 0 nitrogen and oxygen atoms in total. The van der Waals surface area contributed by atoms with Crippen LogP contribution in [0.3, 0.4) is 0 Å². The molecule has 0 unspecified atom stereocenters. The van der Waals surface area contributed by atoms with Gasteiger partial charge < -0.3 is 0 Å². The third-order valence-corrected chi connectivity index (χ3v) is 4.01. The van der Waals surface area contributed by atoms with Gasteiger partial charge in [-0.3, -0.25) is 0 Å². The highest BCUT2D eigenvalue weighted by atomic mass is 14.4. The van der Waals surface area contributed by atoms with Gasteiger partial charge in [-0.1, -0.05) is 48.0 Å². The van der Waals surface area contributed by atoms with Gasteiger partial charge in [0.05, 0.1) is 0 Å². The number of hydrogen-bond acceptors (Lipinski definition) is 0. The Hall–Kier alpha value is 0. The molecule has 92 valence electrons. The number of hydrogen-bond donors (Lipinski definition) is 0. The van der Waals surface area contributed by atoms with E-state index in [9.17, 15) is 0 Å². The number of rotatable bonds is 3. The van der Waals surface area contributed by atoms with Crippen molar-refractivity contribution in [3.8, 4) is 0 Å². The Morgan fingerprint density at radius 1 is 0.867 bits per heavy atom. The fraction of sp³-hybridized carbons (Fsp3) is 1.00. The largest absolute Gasteiger partial charge is 0.0776 e. The van der Waals surface area contributed by atoms with Gasteiger partial charge in [0.15, 0.2) is 0 Å². The van der Waals surface area contributed by atoms with Crippen molar-refractivity contribution < 1.29 is 0 Å². The lowest BCUT2D eigenvalue weighted by atomic mass is 10.0. The Bertz CT molecular complexity index is 137. The predicted molar refractivity (Wildman–Crippen MR) is 71.1 cm³/mol. The van der Waals surface area contributed by atoms with Crippen LogP contribution < -0.4 is 0 Å². The Balaban J connectivity index is 0.000000250. The molecule has 0 radical (unpaired) electrons. The van der Waals surface area contributed by atoms with Gasteiger partial charge in [-0.05, 0) is 49.4 Å². The third kappa shape index (κ3) is 5.58. The van der Waals surface area contributed by atoms with E-state index in [1.54, 1.807) is 0 Å². The highest BCUT2D eigenvalue weighted by Gasteiger charge is 2.37. The van der Waals surface area contributed by atoms with Crippen LogP contribution in [-0.2, 0) is 0 Å². The summed E-state index contributed by atoms with van der Waals surface area (Å²) in [5.74, 6) is 4.54. The average molecular weight is 212 g/mol. The zero-order valence-corrected chi connectivity index (χ0v) is 9.26. The van der Waals surface area contributed by atoms with Gasteiger partial charge in [0.1, 0.15) is 0 Å². The molecule has 3 aliphatic rings. The quantitative estimate of drug-likeness (QED) is 0.577. The van der Waals surface area contributed by atoms with Gasteiger partial charge in [-0.25, -0.2) is 0 Å². The molecule has 0 amide bonds. The van der Waals surface area contributed by atoms with E-state index in [2.05, 4.69) is 13.8 Å². The molecular formula is C15H32. The summed E-state index contributed by atoms with van der Waals surface area (Å²) in [6.45, 7) is 4.70. The van der Waals surface area contributed by atoms with Crippen LogP contribution in [0.5, 0.6) is 0 Å². The van der Waals surface area contributed by atoms with E-state index in [4.69, 9.17) is 0 Å². The van der Waals surface area contributed by atoms with Crippen molar-refractivity contribution in [3.63, 3.8) is 0 Å². The van der Waals surface area contributed by atoms with Crippen LogP contribution in [0, 0.1) is 23.7 Å². The monoisotopic (exact) mass is 212 g/mol. The second-order valence-corrected chi connectivity index (χ2v) is 5.39. The van der Waals surface area contributed by atoms with Crippen LogP contribution in [0.1, 0.15) is 73.6 Å². The SMILES string of the molecule is C.C.CC(C1CC1)C1CC1.CCC1CC1. The molecule has 3 saturated carbocycles. The van der Waals surface area contributed by atoms with Crippen molar-refractivity contribution in [3.05, 3.63) is 0 Å². The van der Waals surface area contributed by atoms with Gasteiger partial charge in [0.2, 0.25) is 0 Å². The lowest BCUT2D eigenvalue weighted by Crippen LogP contribution is -1.97. The summed E-state index contributed by atoms with van der Waals surface area (Å²) in [5.41, 5.74) is 0. The van der Waals surface area contributed by atoms with Crippen LogP contribution in [0.15, 0.2) is 0 Å². The van der Waals surface area contributed by atoms with Gasteiger partial charge >= 0.3 is 0 Å². The zero-order valence-electron chi connectivity index (χ0n) is 9.26. The maximum atomic E-state index is 2.44. The normalized spacial score (nSPS) is 23.4. The Morgan fingerprint density at radius 3 is 1.40 bits per heavy atom. The van der Waals surface area contributed by atoms with Crippen LogP contribution in [0.4, 0.5) is 0 Å². The van der Waals surface area contributed by atoms with Crippen molar-refractivity contribution >= 4 is 0 Å². The lowest BCUT2D eigenvalue weighted by Gasteiger charge is -2.04. The molecule has 3 rings (SSSR count). The van der Waals surface area contributed by atoms with E-state index < -0.39 is 0 Å². The summed E-state index contributed by atoms with van der Waals surface area (Å²) in [6.07, 6.45) is 10.6. The Labute approximate surface area is 97.8 Å². The minimum Gasteiger partial charge on any atom is -0.0776 e. The molecule has 0 aromatic heterocycles. The molecule has 0 N–H and O–H groups in total. The van der Waals surface area contributed by atoms with Gasteiger partial charge in [0.25, 0.3) is 0 Å². The molecule has 0 spiro atoms. The zero-order chi connectivity index (χ0) is 9.26. The molecule has 0 atom stereocenters. The van der Waals surface area contributed by atoms with Crippen LogP contribution in [0.25, 0.3) is 0 Å². The van der Waals surface area contributed by atoms with Gasteiger partial charge in [-0.15, -0.1) is 0 Å². The van der Waals surface area contributed by atoms with Crippen LogP contribution in [-0.4, -0.2) is 0 Å². The molecular weight excluding hydrogens is 180 g/mol. The van der Waals surface area contributed by atoms with Crippen molar-refractivity contribution in [2.24, 2.45) is 23.7 Å². The first-order valence-corrected chi connectivity index (χ1v) is 6.31. The van der Waals surface area contributed by atoms with Crippen molar-refractivity contribution in [1.29, 1.82) is 0 Å². The summed E-state index contributed by atoms with van der Waals surface area (Å²) < 4.78 is 0. The molecule has 0 bridgehead atoms. The maximum absolute atomic E-state index is 2.44. The Morgan fingerprint density at radius 2 is 1.27 bits per heavy atom. The first kappa shape index (κ1) is 15.0. The molecule has 0 heterocycles. The van der Waals surface area contributed by atoms with E-state index in [0.29, 0.717) is 0 Å². The fourth-order valence-corrected chi connectivity index (χ4v) is 2.16. The van der Waals surface area contributed by atoms with Crippen molar-refractivity contribution in [2.45, 2.75) is 73.6 Å². The van der Waals surface area contributed by atoms with Gasteiger partial charge in [0, 0.05) is 0 Å². The first-order valence-electron chi connectivity index (χ1n) is 6.31. The van der Waals surface area contributed by atoms with Gasteiger partial charge in [-0.2, -0.15) is 0 Å². The third-order valence-electron chi connectivity index (χ3n) is 4.01. The summed E-state index contributed by atoms with van der Waals surface area (Å²) in [4.78, 5) is 0. The minimum atomic E-state index is 0. The standard InChI is InChI=1S/C8H14.C5H10.2CH4/c1-6(7-2-3-7)8-4-5-8;1-2-5-3-4-5;;/h6-8H,2-5H2,1H3;5H,2-4H2,1H3;2*1H4. The molecule has 0 saturated heterocycles. The van der Waals surface area contributed by atoms with Crippen LogP contribution >= 0.6 is 0 Å². The molecule has 3 aliphatic carbocycles. The minimum absolute atomic E-state index is 0. The smallest absolute Gasteiger partial charge is 0.0386 e. The molecule has 3 fully saturated rings. The van der Waals surface area contributed by atoms with E-state index in [-0.39, 0.29) is 14.9 Å². The summed E-state index contributed by atoms with van der Waals surface area (Å²) in [7, 11) is 0. The lowest BCUT2D eigenvalue weighted by molar-refractivity contribution is 0.447. The van der Waals surface area contributed by atoms with E-state index in [0.717, 1.165) is 23.7 Å². The fourth-order valence-electron chi connectivity index (χ4n) is 2.16. The molecule has 0 aromatic carbocycles. The second kappa shape index (κ2) is 6.55. The summed E-state index contributed by atoms with van der Waals surface area (Å²) in [6, 6.07) is 0. The second-order valence-electron chi connectivity index (χ2n) is 5.39. The maximum Gasteiger partial charge on any atom is -0.0386 e. The highest BCUT2D eigenvalue weighted by Crippen LogP contribution is 2.48. The van der Waals surface area contributed by atoms with Crippen molar-refractivity contribution in [2.75, 3.05) is 0 Å². The predicted octanol–water partition coefficient (Wildman–Crippen LogP) is 5.52. The first-order chi connectivity index (χ1) is 6.31. The van der Waals surface area contributed by atoms with E-state index >= 15 is 0 Å². The molecule has 15 heavy (non-hydrogen) atoms. The van der Waals surface area contributed by atoms with E-state index in [1.807, 2.05) is 0 Å². The van der Waals surface area contributed by atoms with E-state index in [1.165, 1.54) is 44.9 Å².